The molecule has 3 rings (SSSR count). The Morgan fingerprint density at radius 3 is 2.50 bits per heavy atom. The van der Waals surface area contributed by atoms with Crippen molar-refractivity contribution in [2.75, 3.05) is 5.73 Å². The van der Waals surface area contributed by atoms with Gasteiger partial charge in [0.15, 0.2) is 0 Å². The second-order valence-electron chi connectivity index (χ2n) is 4.02. The van der Waals surface area contributed by atoms with Crippen molar-refractivity contribution in [3.63, 3.8) is 0 Å². The molecular weight excluding hydrogens is 299 g/mol. The summed E-state index contributed by atoms with van der Waals surface area (Å²) >= 11 is 11.8. The van der Waals surface area contributed by atoms with Gasteiger partial charge in [-0.1, -0.05) is 28.4 Å². The first-order valence-electron chi connectivity index (χ1n) is 5.64. The Morgan fingerprint density at radius 2 is 1.80 bits per heavy atom. The normalized spacial score (nSPS) is 10.7. The van der Waals surface area contributed by atoms with Gasteiger partial charge < -0.3 is 10.3 Å². The van der Waals surface area contributed by atoms with E-state index in [0.29, 0.717) is 33.1 Å². The van der Waals surface area contributed by atoms with E-state index in [1.54, 1.807) is 36.5 Å². The van der Waals surface area contributed by atoms with Crippen molar-refractivity contribution in [2.45, 2.75) is 0 Å². The number of nitrogen functional groups attached to an aromatic ring is 1. The molecule has 0 amide bonds. The molecule has 2 N–H and O–H groups in total. The number of nitrogens with zero attached hydrogens (tertiary/aromatic N) is 3. The summed E-state index contributed by atoms with van der Waals surface area (Å²) in [5, 5.41) is 4.82. The summed E-state index contributed by atoms with van der Waals surface area (Å²) in [4.78, 5) is 8.27. The lowest BCUT2D eigenvalue weighted by atomic mass is 10.2. The van der Waals surface area contributed by atoms with Gasteiger partial charge in [0.05, 0.1) is 15.6 Å². The maximum absolute atomic E-state index is 5.96. The highest BCUT2D eigenvalue weighted by atomic mass is 35.5. The molecule has 0 aliphatic carbocycles. The predicted octanol–water partition coefficient (Wildman–Crippen LogP) is 3.69. The molecule has 5 nitrogen and oxygen atoms in total. The fourth-order valence-corrected chi connectivity index (χ4v) is 1.92. The van der Waals surface area contributed by atoms with Gasteiger partial charge in [-0.3, -0.25) is 0 Å². The molecule has 0 saturated carbocycles. The van der Waals surface area contributed by atoms with Crippen LogP contribution in [0.1, 0.15) is 0 Å². The highest BCUT2D eigenvalue weighted by Crippen LogP contribution is 2.28. The van der Waals surface area contributed by atoms with E-state index >= 15 is 0 Å². The van der Waals surface area contributed by atoms with E-state index in [2.05, 4.69) is 15.1 Å². The van der Waals surface area contributed by atoms with Crippen LogP contribution in [0.15, 0.2) is 41.1 Å². The van der Waals surface area contributed by atoms with Gasteiger partial charge in [0.25, 0.3) is 5.89 Å². The van der Waals surface area contributed by atoms with Crippen LogP contribution in [0.2, 0.25) is 10.0 Å². The van der Waals surface area contributed by atoms with Crippen LogP contribution < -0.4 is 5.73 Å². The fourth-order valence-electron chi connectivity index (χ4n) is 1.63. The maximum Gasteiger partial charge on any atom is 0.259 e. The van der Waals surface area contributed by atoms with Gasteiger partial charge in [0.2, 0.25) is 5.82 Å². The Morgan fingerprint density at radius 1 is 1.00 bits per heavy atom. The number of benzene rings is 1. The second-order valence-corrected chi connectivity index (χ2v) is 4.84. The topological polar surface area (TPSA) is 77.8 Å². The van der Waals surface area contributed by atoms with Gasteiger partial charge in [-0.05, 0) is 30.3 Å². The van der Waals surface area contributed by atoms with E-state index in [1.165, 1.54) is 0 Å². The summed E-state index contributed by atoms with van der Waals surface area (Å²) in [7, 11) is 0. The van der Waals surface area contributed by atoms with Crippen LogP contribution >= 0.6 is 23.2 Å². The monoisotopic (exact) mass is 306 g/mol. The van der Waals surface area contributed by atoms with Crippen molar-refractivity contribution >= 4 is 29.0 Å². The third-order valence-electron chi connectivity index (χ3n) is 2.64. The predicted molar refractivity (Wildman–Crippen MR) is 77.4 cm³/mol. The third-order valence-corrected chi connectivity index (χ3v) is 3.38. The van der Waals surface area contributed by atoms with Crippen LogP contribution in [0.4, 0.5) is 5.82 Å². The Kier molecular flexibility index (Phi) is 3.30. The number of anilines is 1. The molecule has 0 aliphatic rings. The largest absolute Gasteiger partial charge is 0.384 e. The van der Waals surface area contributed by atoms with Crippen LogP contribution in [0, 0.1) is 0 Å². The van der Waals surface area contributed by atoms with Crippen molar-refractivity contribution in [2.24, 2.45) is 0 Å². The zero-order valence-electron chi connectivity index (χ0n) is 10.0. The van der Waals surface area contributed by atoms with Crippen LogP contribution in [-0.2, 0) is 0 Å². The molecule has 0 spiro atoms. The van der Waals surface area contributed by atoms with Gasteiger partial charge in [0.1, 0.15) is 5.82 Å². The molecule has 7 heteroatoms. The van der Waals surface area contributed by atoms with E-state index in [0.717, 1.165) is 5.56 Å². The molecule has 100 valence electrons. The molecule has 0 unspecified atom stereocenters. The summed E-state index contributed by atoms with van der Waals surface area (Å²) in [5.74, 6) is 1.21. The van der Waals surface area contributed by atoms with Crippen LogP contribution in [0.25, 0.3) is 22.8 Å². The van der Waals surface area contributed by atoms with Gasteiger partial charge >= 0.3 is 0 Å². The van der Waals surface area contributed by atoms with E-state index in [-0.39, 0.29) is 0 Å². The molecule has 0 saturated heterocycles. The molecule has 0 atom stereocenters. The van der Waals surface area contributed by atoms with Crippen LogP contribution in [-0.4, -0.2) is 15.1 Å². The standard InChI is InChI=1S/C13H8Cl2N4O/c14-9-3-1-7(5-10(9)15)12-18-13(20-19-12)8-2-4-11(16)17-6-8/h1-6H,(H2,16,17). The molecule has 0 aliphatic heterocycles. The summed E-state index contributed by atoms with van der Waals surface area (Å²) in [6.45, 7) is 0. The zero-order chi connectivity index (χ0) is 14.1. The number of hydrogen-bond donors (Lipinski definition) is 1. The van der Waals surface area contributed by atoms with Crippen molar-refractivity contribution in [3.05, 3.63) is 46.6 Å². The third kappa shape index (κ3) is 2.45. The Hall–Kier alpha value is -2.11. The molecule has 1 aromatic carbocycles. The van der Waals surface area contributed by atoms with E-state index in [1.807, 2.05) is 0 Å². The number of halogens is 2. The van der Waals surface area contributed by atoms with E-state index in [9.17, 15) is 0 Å². The highest BCUT2D eigenvalue weighted by molar-refractivity contribution is 6.42. The van der Waals surface area contributed by atoms with E-state index < -0.39 is 0 Å². The second kappa shape index (κ2) is 5.11. The molecule has 2 heterocycles. The van der Waals surface area contributed by atoms with Gasteiger partial charge in [-0.15, -0.1) is 0 Å². The molecule has 3 aromatic rings. The lowest BCUT2D eigenvalue weighted by Crippen LogP contribution is -1.89. The molecular formula is C13H8Cl2N4O. The molecule has 20 heavy (non-hydrogen) atoms. The number of pyridine rings is 1. The summed E-state index contributed by atoms with van der Waals surface area (Å²) in [6.07, 6.45) is 1.57. The number of aromatic nitrogens is 3. The van der Waals surface area contributed by atoms with E-state index in [4.69, 9.17) is 33.5 Å². The zero-order valence-corrected chi connectivity index (χ0v) is 11.6. The molecule has 0 radical (unpaired) electrons. The quantitative estimate of drug-likeness (QED) is 0.781. The first-order chi connectivity index (χ1) is 9.63. The number of nitrogens with two attached hydrogens (primary N) is 1. The van der Waals surface area contributed by atoms with Crippen LogP contribution in [0.3, 0.4) is 0 Å². The average molecular weight is 307 g/mol. The van der Waals surface area contributed by atoms with Crippen molar-refractivity contribution in [1.82, 2.24) is 15.1 Å². The first kappa shape index (κ1) is 12.9. The van der Waals surface area contributed by atoms with Crippen LogP contribution in [0.5, 0.6) is 0 Å². The minimum Gasteiger partial charge on any atom is -0.384 e. The molecule has 2 aromatic heterocycles. The minimum absolute atomic E-state index is 0.360. The molecule has 0 fully saturated rings. The number of rotatable bonds is 2. The smallest absolute Gasteiger partial charge is 0.259 e. The van der Waals surface area contributed by atoms with Gasteiger partial charge in [-0.25, -0.2) is 4.98 Å². The van der Waals surface area contributed by atoms with Crippen molar-refractivity contribution in [3.8, 4) is 22.8 Å². The maximum atomic E-state index is 5.96. The minimum atomic E-state index is 0.360. The average Bonchev–Trinajstić information content (AvgIpc) is 2.92. The highest BCUT2D eigenvalue weighted by Gasteiger charge is 2.12. The van der Waals surface area contributed by atoms with Gasteiger partial charge in [-0.2, -0.15) is 4.98 Å². The van der Waals surface area contributed by atoms with Crippen molar-refractivity contribution in [1.29, 1.82) is 0 Å². The SMILES string of the molecule is Nc1ccc(-c2nc(-c3ccc(Cl)c(Cl)c3)no2)cn1. The summed E-state index contributed by atoms with van der Waals surface area (Å²) < 4.78 is 5.20. The molecule has 0 bridgehead atoms. The first-order valence-corrected chi connectivity index (χ1v) is 6.40. The van der Waals surface area contributed by atoms with Crippen molar-refractivity contribution < 1.29 is 4.52 Å². The number of hydrogen-bond acceptors (Lipinski definition) is 5. The fraction of sp³-hybridized carbons (Fsp3) is 0. The Balaban J connectivity index is 1.97. The van der Waals surface area contributed by atoms with Gasteiger partial charge in [0, 0.05) is 11.8 Å². The lowest BCUT2D eigenvalue weighted by Gasteiger charge is -1.97. The summed E-state index contributed by atoms with van der Waals surface area (Å²) in [5.41, 5.74) is 6.94. The Labute approximate surface area is 124 Å². The summed E-state index contributed by atoms with van der Waals surface area (Å²) in [6, 6.07) is 8.55. The lowest BCUT2D eigenvalue weighted by molar-refractivity contribution is 0.432. The Bertz CT molecular complexity index is 755.